The fourth-order valence-corrected chi connectivity index (χ4v) is 3.36. The van der Waals surface area contributed by atoms with Crippen molar-refractivity contribution in [1.82, 2.24) is 10.6 Å². The van der Waals surface area contributed by atoms with E-state index in [1.165, 1.54) is 0 Å². The summed E-state index contributed by atoms with van der Waals surface area (Å²) in [7, 11) is 0. The molecule has 1 aromatic rings. The van der Waals surface area contributed by atoms with E-state index < -0.39 is 17.7 Å². The van der Waals surface area contributed by atoms with Gasteiger partial charge < -0.3 is 20.1 Å². The minimum atomic E-state index is -0.727. The summed E-state index contributed by atoms with van der Waals surface area (Å²) in [5, 5.41) is 5.35. The van der Waals surface area contributed by atoms with Gasteiger partial charge >= 0.3 is 12.1 Å². The molecular weight excluding hydrogens is 372 g/mol. The Labute approximate surface area is 172 Å². The molecule has 2 amide bonds. The normalized spacial score (nSPS) is 19.9. The molecule has 0 bridgehead atoms. The van der Waals surface area contributed by atoms with Gasteiger partial charge in [0, 0.05) is 6.54 Å². The van der Waals surface area contributed by atoms with Crippen LogP contribution in [-0.2, 0) is 25.7 Å². The topological polar surface area (TPSA) is 93.7 Å². The molecule has 1 saturated carbocycles. The van der Waals surface area contributed by atoms with Crippen LogP contribution in [-0.4, -0.2) is 36.2 Å². The first-order valence-corrected chi connectivity index (χ1v) is 10.1. The second kappa shape index (κ2) is 10.3. The summed E-state index contributed by atoms with van der Waals surface area (Å²) in [4.78, 5) is 36.6. The number of ether oxygens (including phenoxy) is 2. The standard InChI is InChI=1S/C22H32N2O5/c1-15(24-21(27)29-22(2,3)4)19(25)23-13-17-11-8-12-18(17)20(26)28-14-16-9-6-5-7-10-16/h5-7,9-10,15,17-18H,8,11-14H2,1-4H3,(H,23,25)(H,24,27)/t15-,17+,18-/m1/s1. The number of rotatable bonds is 7. The van der Waals surface area contributed by atoms with Gasteiger partial charge in [0.2, 0.25) is 5.91 Å². The molecular formula is C22H32N2O5. The fraction of sp³-hybridized carbons (Fsp3) is 0.591. The number of hydrogen-bond donors (Lipinski definition) is 2. The SMILES string of the molecule is C[C@@H](NC(=O)OC(C)(C)C)C(=O)NC[C@@H]1CCC[C@H]1C(=O)OCc1ccccc1. The van der Waals surface area contributed by atoms with Gasteiger partial charge in [0.15, 0.2) is 0 Å². The van der Waals surface area contributed by atoms with E-state index in [4.69, 9.17) is 9.47 Å². The molecule has 160 valence electrons. The highest BCUT2D eigenvalue weighted by Gasteiger charge is 2.34. The summed E-state index contributed by atoms with van der Waals surface area (Å²) in [6, 6.07) is 8.83. The molecule has 29 heavy (non-hydrogen) atoms. The van der Waals surface area contributed by atoms with Gasteiger partial charge in [-0.1, -0.05) is 36.8 Å². The molecule has 1 fully saturated rings. The smallest absolute Gasteiger partial charge is 0.408 e. The van der Waals surface area contributed by atoms with E-state index in [1.54, 1.807) is 27.7 Å². The van der Waals surface area contributed by atoms with Gasteiger partial charge in [-0.15, -0.1) is 0 Å². The Morgan fingerprint density at radius 2 is 1.83 bits per heavy atom. The second-order valence-electron chi connectivity index (χ2n) is 8.50. The van der Waals surface area contributed by atoms with Crippen LogP contribution in [0.3, 0.4) is 0 Å². The number of carbonyl (C=O) groups excluding carboxylic acids is 3. The average Bonchev–Trinajstić information content (AvgIpc) is 3.12. The second-order valence-corrected chi connectivity index (χ2v) is 8.50. The van der Waals surface area contributed by atoms with Gasteiger partial charge in [-0.05, 0) is 52.0 Å². The largest absolute Gasteiger partial charge is 0.461 e. The number of hydrogen-bond acceptors (Lipinski definition) is 5. The lowest BCUT2D eigenvalue weighted by molar-refractivity contribution is -0.151. The monoisotopic (exact) mass is 404 g/mol. The van der Waals surface area contributed by atoms with Crippen molar-refractivity contribution in [3.63, 3.8) is 0 Å². The van der Waals surface area contributed by atoms with Crippen LogP contribution in [0.1, 0.15) is 52.5 Å². The van der Waals surface area contributed by atoms with E-state index in [-0.39, 0.29) is 30.3 Å². The molecule has 1 aromatic carbocycles. The van der Waals surface area contributed by atoms with Crippen LogP contribution >= 0.6 is 0 Å². The summed E-state index contributed by atoms with van der Waals surface area (Å²) in [5.74, 6) is -0.700. The molecule has 0 aliphatic heterocycles. The number of nitrogens with one attached hydrogen (secondary N) is 2. The lowest BCUT2D eigenvalue weighted by Crippen LogP contribution is -2.47. The number of carbonyl (C=O) groups is 3. The molecule has 0 radical (unpaired) electrons. The minimum Gasteiger partial charge on any atom is -0.461 e. The van der Waals surface area contributed by atoms with Gasteiger partial charge in [-0.3, -0.25) is 9.59 Å². The molecule has 2 rings (SSSR count). The first-order valence-electron chi connectivity index (χ1n) is 10.1. The van der Waals surface area contributed by atoms with Gasteiger partial charge in [0.25, 0.3) is 0 Å². The van der Waals surface area contributed by atoms with Crippen LogP contribution in [0.2, 0.25) is 0 Å². The molecule has 0 aromatic heterocycles. The first-order chi connectivity index (χ1) is 13.7. The number of esters is 1. The van der Waals surface area contributed by atoms with Crippen molar-refractivity contribution in [1.29, 1.82) is 0 Å². The Bertz CT molecular complexity index is 699. The number of benzene rings is 1. The van der Waals surface area contributed by atoms with Crippen LogP contribution in [0.5, 0.6) is 0 Å². The quantitative estimate of drug-likeness (QED) is 0.681. The van der Waals surface area contributed by atoms with E-state index in [1.807, 2.05) is 30.3 Å². The van der Waals surface area contributed by atoms with Crippen molar-refractivity contribution in [2.75, 3.05) is 6.54 Å². The zero-order chi connectivity index (χ0) is 21.4. The van der Waals surface area contributed by atoms with Crippen molar-refractivity contribution in [2.24, 2.45) is 11.8 Å². The third-order valence-corrected chi connectivity index (χ3v) is 4.85. The summed E-state index contributed by atoms with van der Waals surface area (Å²) < 4.78 is 10.6. The van der Waals surface area contributed by atoms with Crippen LogP contribution in [0.4, 0.5) is 4.79 Å². The minimum absolute atomic E-state index is 0.0379. The van der Waals surface area contributed by atoms with Gasteiger partial charge in [-0.25, -0.2) is 4.79 Å². The van der Waals surface area contributed by atoms with Crippen molar-refractivity contribution in [2.45, 2.75) is 65.2 Å². The fourth-order valence-electron chi connectivity index (χ4n) is 3.36. The predicted molar refractivity (Wildman–Crippen MR) is 109 cm³/mol. The molecule has 7 nitrogen and oxygen atoms in total. The van der Waals surface area contributed by atoms with Gasteiger partial charge in [0.1, 0.15) is 18.2 Å². The van der Waals surface area contributed by atoms with Crippen molar-refractivity contribution < 1.29 is 23.9 Å². The lowest BCUT2D eigenvalue weighted by Gasteiger charge is -2.23. The van der Waals surface area contributed by atoms with E-state index in [0.717, 1.165) is 24.8 Å². The van der Waals surface area contributed by atoms with Crippen molar-refractivity contribution >= 4 is 18.0 Å². The molecule has 0 heterocycles. The highest BCUT2D eigenvalue weighted by atomic mass is 16.6. The molecule has 1 aliphatic carbocycles. The third kappa shape index (κ3) is 7.75. The Morgan fingerprint density at radius 1 is 1.14 bits per heavy atom. The summed E-state index contributed by atoms with van der Waals surface area (Å²) in [6.07, 6.45) is 1.92. The molecule has 0 spiro atoms. The molecule has 0 saturated heterocycles. The average molecular weight is 405 g/mol. The molecule has 3 atom stereocenters. The van der Waals surface area contributed by atoms with E-state index in [2.05, 4.69) is 10.6 Å². The first kappa shape index (κ1) is 22.7. The van der Waals surface area contributed by atoms with Crippen LogP contribution in [0.25, 0.3) is 0 Å². The van der Waals surface area contributed by atoms with Gasteiger partial charge in [0.05, 0.1) is 5.92 Å². The van der Waals surface area contributed by atoms with E-state index in [9.17, 15) is 14.4 Å². The highest BCUT2D eigenvalue weighted by molar-refractivity contribution is 5.85. The Morgan fingerprint density at radius 3 is 2.48 bits per heavy atom. The molecule has 7 heteroatoms. The van der Waals surface area contributed by atoms with Crippen molar-refractivity contribution in [3.05, 3.63) is 35.9 Å². The van der Waals surface area contributed by atoms with E-state index >= 15 is 0 Å². The number of amides is 2. The van der Waals surface area contributed by atoms with Crippen molar-refractivity contribution in [3.8, 4) is 0 Å². The van der Waals surface area contributed by atoms with Crippen LogP contribution in [0.15, 0.2) is 30.3 Å². The molecule has 2 N–H and O–H groups in total. The lowest BCUT2D eigenvalue weighted by atomic mass is 9.96. The van der Waals surface area contributed by atoms with Gasteiger partial charge in [-0.2, -0.15) is 0 Å². The zero-order valence-electron chi connectivity index (χ0n) is 17.7. The highest BCUT2D eigenvalue weighted by Crippen LogP contribution is 2.32. The number of alkyl carbamates (subject to hydrolysis) is 1. The maximum atomic E-state index is 12.5. The summed E-state index contributed by atoms with van der Waals surface area (Å²) >= 11 is 0. The zero-order valence-corrected chi connectivity index (χ0v) is 17.7. The van der Waals surface area contributed by atoms with Crippen LogP contribution in [0, 0.1) is 11.8 Å². The third-order valence-electron chi connectivity index (χ3n) is 4.85. The predicted octanol–water partition coefficient (Wildman–Crippen LogP) is 3.18. The molecule has 1 aliphatic rings. The van der Waals surface area contributed by atoms with E-state index in [0.29, 0.717) is 6.54 Å². The summed E-state index contributed by atoms with van der Waals surface area (Å²) in [6.45, 7) is 7.51. The maximum absolute atomic E-state index is 12.5. The molecule has 0 unspecified atom stereocenters. The van der Waals surface area contributed by atoms with Crippen LogP contribution < -0.4 is 10.6 Å². The summed E-state index contributed by atoms with van der Waals surface area (Å²) in [5.41, 5.74) is 0.322. The Balaban J connectivity index is 1.77. The Kier molecular flexibility index (Phi) is 8.05. The Hall–Kier alpha value is -2.57. The maximum Gasteiger partial charge on any atom is 0.408 e.